The Hall–Kier alpha value is -2.57. The number of ether oxygens (including phenoxy) is 1. The molecule has 0 radical (unpaired) electrons. The first-order valence-electron chi connectivity index (χ1n) is 9.03. The summed E-state index contributed by atoms with van der Waals surface area (Å²) in [6.45, 7) is 7.77. The molecule has 2 aromatic rings. The minimum absolute atomic E-state index is 0.0531. The number of carbonyl (C=O) groups is 1. The zero-order chi connectivity index (χ0) is 18.7. The van der Waals surface area contributed by atoms with E-state index in [-0.39, 0.29) is 17.7 Å². The number of nitrogens with one attached hydrogen (secondary N) is 3. The van der Waals surface area contributed by atoms with Gasteiger partial charge < -0.3 is 15.4 Å². The van der Waals surface area contributed by atoms with Crippen molar-refractivity contribution in [2.75, 3.05) is 5.32 Å². The van der Waals surface area contributed by atoms with Gasteiger partial charge in [0, 0.05) is 29.4 Å². The van der Waals surface area contributed by atoms with E-state index >= 15 is 0 Å². The number of aromatic amines is 1. The van der Waals surface area contributed by atoms with Gasteiger partial charge in [-0.3, -0.25) is 10.1 Å². The van der Waals surface area contributed by atoms with E-state index in [1.54, 1.807) is 6.20 Å². The minimum Gasteiger partial charge on any atom is -0.446 e. The quantitative estimate of drug-likeness (QED) is 0.769. The maximum Gasteiger partial charge on any atom is 0.407 e. The Morgan fingerprint density at radius 1 is 1.35 bits per heavy atom. The molecular formula is C19H27N5O2. The van der Waals surface area contributed by atoms with Crippen molar-refractivity contribution in [1.29, 1.82) is 0 Å². The summed E-state index contributed by atoms with van der Waals surface area (Å²) < 4.78 is 5.55. The number of anilines is 2. The third-order valence-electron chi connectivity index (χ3n) is 4.44. The van der Waals surface area contributed by atoms with Crippen LogP contribution >= 0.6 is 0 Å². The van der Waals surface area contributed by atoms with Crippen LogP contribution < -0.4 is 10.6 Å². The molecule has 7 heteroatoms. The summed E-state index contributed by atoms with van der Waals surface area (Å²) in [5.41, 5.74) is 2.65. The van der Waals surface area contributed by atoms with Gasteiger partial charge >= 0.3 is 6.09 Å². The first-order valence-corrected chi connectivity index (χ1v) is 9.03. The van der Waals surface area contributed by atoms with E-state index in [9.17, 15) is 4.79 Å². The lowest BCUT2D eigenvalue weighted by Gasteiger charge is -2.22. The van der Waals surface area contributed by atoms with Gasteiger partial charge in [-0.05, 0) is 59.1 Å². The topological polar surface area (TPSA) is 91.9 Å². The van der Waals surface area contributed by atoms with Crippen LogP contribution in [-0.4, -0.2) is 32.9 Å². The minimum atomic E-state index is -0.345. The molecule has 3 N–H and O–H groups in total. The highest BCUT2D eigenvalue weighted by Gasteiger charge is 2.30. The van der Waals surface area contributed by atoms with Gasteiger partial charge in [0.25, 0.3) is 0 Å². The van der Waals surface area contributed by atoms with Gasteiger partial charge in [0.2, 0.25) is 0 Å². The number of hydrogen-bond acceptors (Lipinski definition) is 5. The van der Waals surface area contributed by atoms with Crippen molar-refractivity contribution in [3.8, 4) is 0 Å². The van der Waals surface area contributed by atoms with E-state index in [1.165, 1.54) is 0 Å². The SMILES string of the molecule is Cc1ncccc1Nc1cc([C@H]2CC[C@@H](OC(=O)NC(C)(C)C)C2)[nH]n1. The van der Waals surface area contributed by atoms with E-state index < -0.39 is 0 Å². The normalized spacial score (nSPS) is 20.0. The lowest BCUT2D eigenvalue weighted by molar-refractivity contribution is 0.0937. The van der Waals surface area contributed by atoms with E-state index in [4.69, 9.17) is 4.74 Å². The van der Waals surface area contributed by atoms with Crippen molar-refractivity contribution in [3.05, 3.63) is 35.8 Å². The van der Waals surface area contributed by atoms with Crippen LogP contribution in [0.3, 0.4) is 0 Å². The smallest absolute Gasteiger partial charge is 0.407 e. The second kappa shape index (κ2) is 7.35. The second-order valence-electron chi connectivity index (χ2n) is 7.88. The van der Waals surface area contributed by atoms with Crippen LogP contribution in [-0.2, 0) is 4.74 Å². The van der Waals surface area contributed by atoms with Crippen molar-refractivity contribution in [3.63, 3.8) is 0 Å². The Balaban J connectivity index is 1.56. The molecule has 0 unspecified atom stereocenters. The van der Waals surface area contributed by atoms with Crippen LogP contribution in [0.15, 0.2) is 24.4 Å². The Morgan fingerprint density at radius 3 is 2.88 bits per heavy atom. The molecule has 2 atom stereocenters. The van der Waals surface area contributed by atoms with Crippen molar-refractivity contribution in [2.45, 2.75) is 64.5 Å². The van der Waals surface area contributed by atoms with Gasteiger partial charge in [0.1, 0.15) is 6.10 Å². The van der Waals surface area contributed by atoms with E-state index in [1.807, 2.05) is 45.9 Å². The summed E-state index contributed by atoms with van der Waals surface area (Å²) in [6, 6.07) is 5.89. The van der Waals surface area contributed by atoms with E-state index in [0.717, 1.165) is 42.2 Å². The van der Waals surface area contributed by atoms with Crippen molar-refractivity contribution >= 4 is 17.6 Å². The van der Waals surface area contributed by atoms with Crippen LogP contribution in [0.1, 0.15) is 57.3 Å². The Bertz CT molecular complexity index is 765. The molecule has 3 rings (SSSR count). The fourth-order valence-corrected chi connectivity index (χ4v) is 3.18. The molecule has 1 aliphatic rings. The third kappa shape index (κ3) is 4.74. The zero-order valence-electron chi connectivity index (χ0n) is 15.8. The van der Waals surface area contributed by atoms with Gasteiger partial charge in [-0.15, -0.1) is 0 Å². The molecule has 1 fully saturated rings. The lowest BCUT2D eigenvalue weighted by Crippen LogP contribution is -2.42. The molecule has 0 saturated heterocycles. The molecule has 0 spiro atoms. The van der Waals surface area contributed by atoms with Crippen molar-refractivity contribution in [2.24, 2.45) is 0 Å². The van der Waals surface area contributed by atoms with Crippen LogP contribution in [0.25, 0.3) is 0 Å². The average molecular weight is 357 g/mol. The highest BCUT2D eigenvalue weighted by molar-refractivity contribution is 5.68. The summed E-state index contributed by atoms with van der Waals surface area (Å²) in [4.78, 5) is 16.2. The fourth-order valence-electron chi connectivity index (χ4n) is 3.18. The second-order valence-corrected chi connectivity index (χ2v) is 7.88. The molecule has 2 aromatic heterocycles. The number of amides is 1. The monoisotopic (exact) mass is 357 g/mol. The third-order valence-corrected chi connectivity index (χ3v) is 4.44. The Labute approximate surface area is 153 Å². The standard InChI is InChI=1S/C19H27N5O2/c1-12-15(6-5-9-20-12)21-17-11-16(23-24-17)13-7-8-14(10-13)26-18(25)22-19(2,3)4/h5-6,9,11,13-14H,7-8,10H2,1-4H3,(H,22,25)(H2,21,23,24)/t13-,14+/m0/s1. The Morgan fingerprint density at radius 2 is 2.15 bits per heavy atom. The van der Waals surface area contributed by atoms with Crippen LogP contribution in [0.2, 0.25) is 0 Å². The summed E-state index contributed by atoms with van der Waals surface area (Å²) in [6.07, 6.45) is 4.02. The molecule has 1 aliphatic carbocycles. The number of pyridine rings is 1. The highest BCUT2D eigenvalue weighted by Crippen LogP contribution is 2.36. The number of H-pyrrole nitrogens is 1. The Kier molecular flexibility index (Phi) is 5.15. The average Bonchev–Trinajstić information content (AvgIpc) is 3.17. The predicted octanol–water partition coefficient (Wildman–Crippen LogP) is 4.02. The molecule has 0 aromatic carbocycles. The molecule has 140 valence electrons. The highest BCUT2D eigenvalue weighted by atomic mass is 16.6. The first kappa shape index (κ1) is 18.2. The number of aryl methyl sites for hydroxylation is 1. The molecule has 0 aliphatic heterocycles. The predicted molar refractivity (Wildman–Crippen MR) is 101 cm³/mol. The van der Waals surface area contributed by atoms with Crippen LogP contribution in [0, 0.1) is 6.92 Å². The number of hydrogen-bond donors (Lipinski definition) is 3. The van der Waals surface area contributed by atoms with Gasteiger partial charge in [0.05, 0.1) is 11.4 Å². The molecule has 1 saturated carbocycles. The molecule has 7 nitrogen and oxygen atoms in total. The van der Waals surface area contributed by atoms with Crippen LogP contribution in [0.4, 0.5) is 16.3 Å². The van der Waals surface area contributed by atoms with E-state index in [2.05, 4.69) is 25.8 Å². The largest absolute Gasteiger partial charge is 0.446 e. The molecule has 1 amide bonds. The molecule has 26 heavy (non-hydrogen) atoms. The number of carbonyl (C=O) groups excluding carboxylic acids is 1. The van der Waals surface area contributed by atoms with Crippen molar-refractivity contribution in [1.82, 2.24) is 20.5 Å². The van der Waals surface area contributed by atoms with Gasteiger partial charge in [-0.25, -0.2) is 4.79 Å². The lowest BCUT2D eigenvalue weighted by atomic mass is 10.0. The number of alkyl carbamates (subject to hydrolysis) is 1. The molecule has 0 bridgehead atoms. The maximum absolute atomic E-state index is 11.9. The van der Waals surface area contributed by atoms with Crippen molar-refractivity contribution < 1.29 is 9.53 Å². The zero-order valence-corrected chi connectivity index (χ0v) is 15.8. The van der Waals surface area contributed by atoms with Gasteiger partial charge in [-0.2, -0.15) is 5.10 Å². The van der Waals surface area contributed by atoms with Gasteiger partial charge in [-0.1, -0.05) is 0 Å². The molecule has 2 heterocycles. The maximum atomic E-state index is 11.9. The van der Waals surface area contributed by atoms with Gasteiger partial charge in [0.15, 0.2) is 5.82 Å². The first-order chi connectivity index (χ1) is 12.3. The fraction of sp³-hybridized carbons (Fsp3) is 0.526. The van der Waals surface area contributed by atoms with E-state index in [0.29, 0.717) is 5.92 Å². The number of nitrogens with zero attached hydrogens (tertiary/aromatic N) is 2. The summed E-state index contributed by atoms with van der Waals surface area (Å²) in [7, 11) is 0. The van der Waals surface area contributed by atoms with Crippen LogP contribution in [0.5, 0.6) is 0 Å². The molecular weight excluding hydrogens is 330 g/mol. The number of aromatic nitrogens is 3. The number of rotatable bonds is 4. The summed E-state index contributed by atoms with van der Waals surface area (Å²) in [5, 5.41) is 13.6. The summed E-state index contributed by atoms with van der Waals surface area (Å²) >= 11 is 0. The summed E-state index contributed by atoms with van der Waals surface area (Å²) in [5.74, 6) is 1.09.